The fourth-order valence-electron chi connectivity index (χ4n) is 1.60. The van der Waals surface area contributed by atoms with Crippen LogP contribution in [0.3, 0.4) is 0 Å². The summed E-state index contributed by atoms with van der Waals surface area (Å²) in [6.45, 7) is 3.82. The van der Waals surface area contributed by atoms with Gasteiger partial charge in [0.05, 0.1) is 12.5 Å². The summed E-state index contributed by atoms with van der Waals surface area (Å²) in [6, 6.07) is 0. The van der Waals surface area contributed by atoms with Gasteiger partial charge >= 0.3 is 5.97 Å². The van der Waals surface area contributed by atoms with Gasteiger partial charge in [-0.2, -0.15) is 0 Å². The lowest BCUT2D eigenvalue weighted by Gasteiger charge is -2.31. The van der Waals surface area contributed by atoms with Gasteiger partial charge in [-0.1, -0.05) is 12.2 Å². The number of rotatable bonds is 2. The van der Waals surface area contributed by atoms with Gasteiger partial charge in [0, 0.05) is 13.1 Å². The van der Waals surface area contributed by atoms with Gasteiger partial charge in [0.1, 0.15) is 4.32 Å². The highest BCUT2D eigenvalue weighted by atomic mass is 32.1. The molecule has 0 aromatic heterocycles. The third-order valence-electron chi connectivity index (χ3n) is 2.31. The van der Waals surface area contributed by atoms with Crippen molar-refractivity contribution < 1.29 is 9.53 Å². The molecule has 0 bridgehead atoms. The number of nitrogens with zero attached hydrogens (tertiary/aromatic N) is 1. The maximum absolute atomic E-state index is 11.4. The molecule has 1 aliphatic heterocycles. The fourth-order valence-corrected chi connectivity index (χ4v) is 1.95. The molecule has 1 saturated heterocycles. The van der Waals surface area contributed by atoms with Crippen LogP contribution in [0.5, 0.6) is 0 Å². The van der Waals surface area contributed by atoms with Crippen LogP contribution in [-0.2, 0) is 9.53 Å². The van der Waals surface area contributed by atoms with E-state index < -0.39 is 0 Å². The Balaban J connectivity index is 2.47. The number of ether oxygens (including phenoxy) is 1. The molecule has 14 heavy (non-hydrogen) atoms. The third-order valence-corrected chi connectivity index (χ3v) is 2.85. The van der Waals surface area contributed by atoms with Crippen molar-refractivity contribution in [2.75, 3.05) is 19.7 Å². The average Bonchev–Trinajstić information content (AvgIpc) is 2.18. The Bertz CT molecular complexity index is 233. The van der Waals surface area contributed by atoms with E-state index in [4.69, 9.17) is 17.0 Å². The van der Waals surface area contributed by atoms with E-state index in [1.165, 1.54) is 0 Å². The number of carbonyl (C=O) groups is 1. The Hall–Kier alpha value is -0.290. The second kappa shape index (κ2) is 5.56. The zero-order valence-corrected chi connectivity index (χ0v) is 9.94. The molecule has 0 saturated carbocycles. The molecule has 0 aromatic carbocycles. The van der Waals surface area contributed by atoms with Gasteiger partial charge in [0.25, 0.3) is 0 Å². The Morgan fingerprint density at radius 3 is 3.00 bits per heavy atom. The van der Waals surface area contributed by atoms with Crippen molar-refractivity contribution in [2.24, 2.45) is 5.92 Å². The van der Waals surface area contributed by atoms with E-state index in [1.54, 1.807) is 0 Å². The van der Waals surface area contributed by atoms with Crippen molar-refractivity contribution in [2.45, 2.75) is 19.8 Å². The van der Waals surface area contributed by atoms with Crippen LogP contribution in [0.15, 0.2) is 0 Å². The average molecular weight is 233 g/mol. The minimum absolute atomic E-state index is 0.0335. The summed E-state index contributed by atoms with van der Waals surface area (Å²) in [5.74, 6) is -0.143. The van der Waals surface area contributed by atoms with Crippen LogP contribution in [0.2, 0.25) is 0 Å². The maximum Gasteiger partial charge on any atom is 0.310 e. The van der Waals surface area contributed by atoms with E-state index in [-0.39, 0.29) is 11.9 Å². The first-order valence-electron chi connectivity index (χ1n) is 4.79. The quantitative estimate of drug-likeness (QED) is 0.444. The van der Waals surface area contributed by atoms with E-state index in [2.05, 4.69) is 12.6 Å². The molecule has 0 aromatic rings. The predicted molar refractivity (Wildman–Crippen MR) is 62.5 cm³/mol. The number of esters is 1. The van der Waals surface area contributed by atoms with Crippen LogP contribution in [0, 0.1) is 5.92 Å². The third kappa shape index (κ3) is 3.13. The van der Waals surface area contributed by atoms with E-state index >= 15 is 0 Å². The Labute approximate surface area is 95.2 Å². The van der Waals surface area contributed by atoms with E-state index in [9.17, 15) is 4.79 Å². The number of hydrogen-bond acceptors (Lipinski definition) is 3. The molecule has 80 valence electrons. The SMILES string of the molecule is CCOC(=O)C1CCCN(C(=S)S)C1. The van der Waals surface area contributed by atoms with Gasteiger partial charge < -0.3 is 9.64 Å². The first-order chi connectivity index (χ1) is 6.65. The van der Waals surface area contributed by atoms with Crippen molar-refractivity contribution in [3.05, 3.63) is 0 Å². The Morgan fingerprint density at radius 1 is 1.71 bits per heavy atom. The van der Waals surface area contributed by atoms with Gasteiger partial charge in [-0.15, -0.1) is 12.6 Å². The van der Waals surface area contributed by atoms with Crippen LogP contribution in [0.4, 0.5) is 0 Å². The minimum atomic E-state index is -0.109. The molecule has 1 heterocycles. The van der Waals surface area contributed by atoms with Gasteiger partial charge in [-0.05, 0) is 19.8 Å². The molecule has 5 heteroatoms. The molecule has 0 amide bonds. The molecule has 0 spiro atoms. The molecular weight excluding hydrogens is 218 g/mol. The van der Waals surface area contributed by atoms with Crippen molar-refractivity contribution >= 4 is 35.1 Å². The first-order valence-corrected chi connectivity index (χ1v) is 5.65. The molecule has 0 N–H and O–H groups in total. The summed E-state index contributed by atoms with van der Waals surface area (Å²) >= 11 is 9.07. The van der Waals surface area contributed by atoms with Gasteiger partial charge in [-0.3, -0.25) is 4.79 Å². The van der Waals surface area contributed by atoms with Crippen LogP contribution >= 0.6 is 24.8 Å². The van der Waals surface area contributed by atoms with Gasteiger partial charge in [0.15, 0.2) is 0 Å². The number of piperidine rings is 1. The second-order valence-corrected chi connectivity index (χ2v) is 4.43. The maximum atomic E-state index is 11.4. The van der Waals surface area contributed by atoms with Crippen molar-refractivity contribution in [1.82, 2.24) is 4.90 Å². The van der Waals surface area contributed by atoms with Crippen molar-refractivity contribution in [3.63, 3.8) is 0 Å². The number of thiocarbonyl (C=S) groups is 1. The number of likely N-dealkylation sites (tertiary alicyclic amines) is 1. The van der Waals surface area contributed by atoms with Crippen LogP contribution in [0.1, 0.15) is 19.8 Å². The largest absolute Gasteiger partial charge is 0.466 e. The first kappa shape index (κ1) is 11.8. The van der Waals surface area contributed by atoms with Crippen molar-refractivity contribution in [3.8, 4) is 0 Å². The Morgan fingerprint density at radius 2 is 2.43 bits per heavy atom. The summed E-state index contributed by atoms with van der Waals surface area (Å²) < 4.78 is 5.54. The topological polar surface area (TPSA) is 29.5 Å². The predicted octanol–water partition coefficient (Wildman–Crippen LogP) is 1.48. The smallest absolute Gasteiger partial charge is 0.310 e. The standard InChI is InChI=1S/C9H15NO2S2/c1-2-12-8(11)7-4-3-5-10(6-7)9(13)14/h7H,2-6H2,1H3,(H,13,14). The monoisotopic (exact) mass is 233 g/mol. The normalized spacial score (nSPS) is 21.9. The number of hydrogen-bond donors (Lipinski definition) is 1. The lowest BCUT2D eigenvalue weighted by molar-refractivity contribution is -0.149. The minimum Gasteiger partial charge on any atom is -0.466 e. The number of carbonyl (C=O) groups excluding carboxylic acids is 1. The lowest BCUT2D eigenvalue weighted by Crippen LogP contribution is -2.40. The van der Waals surface area contributed by atoms with Crippen molar-refractivity contribution in [1.29, 1.82) is 0 Å². The molecule has 0 radical (unpaired) electrons. The highest BCUT2D eigenvalue weighted by Gasteiger charge is 2.26. The zero-order valence-electron chi connectivity index (χ0n) is 8.23. The molecular formula is C9H15NO2S2. The summed E-state index contributed by atoms with van der Waals surface area (Å²) in [5, 5.41) is 0. The van der Waals surface area contributed by atoms with Crippen LogP contribution in [-0.4, -0.2) is 34.9 Å². The fraction of sp³-hybridized carbons (Fsp3) is 0.778. The highest BCUT2D eigenvalue weighted by Crippen LogP contribution is 2.18. The van der Waals surface area contributed by atoms with E-state index in [0.29, 0.717) is 17.5 Å². The summed E-state index contributed by atoms with van der Waals surface area (Å²) in [6.07, 6.45) is 1.87. The number of thiol groups is 1. The van der Waals surface area contributed by atoms with Gasteiger partial charge in [0.2, 0.25) is 0 Å². The van der Waals surface area contributed by atoms with E-state index in [1.807, 2.05) is 11.8 Å². The van der Waals surface area contributed by atoms with Crippen LogP contribution in [0.25, 0.3) is 0 Å². The zero-order chi connectivity index (χ0) is 10.6. The van der Waals surface area contributed by atoms with E-state index in [0.717, 1.165) is 19.4 Å². The Kier molecular flexibility index (Phi) is 4.68. The molecule has 1 rings (SSSR count). The summed E-state index contributed by atoms with van der Waals surface area (Å²) in [5.41, 5.74) is 0. The van der Waals surface area contributed by atoms with Gasteiger partial charge in [-0.25, -0.2) is 0 Å². The summed E-state index contributed by atoms with van der Waals surface area (Å²) in [4.78, 5) is 13.4. The molecule has 1 fully saturated rings. The highest BCUT2D eigenvalue weighted by molar-refractivity contribution is 8.10. The molecule has 3 nitrogen and oxygen atoms in total. The summed E-state index contributed by atoms with van der Waals surface area (Å²) in [7, 11) is 0. The molecule has 1 aliphatic rings. The molecule has 1 unspecified atom stereocenters. The second-order valence-electron chi connectivity index (χ2n) is 3.32. The molecule has 0 aliphatic carbocycles. The van der Waals surface area contributed by atoms with Crippen LogP contribution < -0.4 is 0 Å². The molecule has 1 atom stereocenters. The lowest BCUT2D eigenvalue weighted by atomic mass is 9.99.